The standard InChI is InChI=1S/C33H29NO7/c1-38-22-11-9-19(10-12-22)26-18-41-32-23(31(26)36)13-14-27(39-2)29(32)24(17-28(35)40-3)25-16-21-7-4-6-20-8-5-15-34(30(20)21)33(25)37/h4,6-7,9-14,16,18,24H,5,8,15,17H2,1-3H3. The number of hydrogen-bond donors (Lipinski definition) is 0. The van der Waals surface area contributed by atoms with Crippen molar-refractivity contribution in [3.05, 3.63) is 104 Å². The first kappa shape index (κ1) is 26.4. The molecule has 0 N–H and O–H groups in total. The number of ether oxygens (including phenoxy) is 3. The molecule has 0 amide bonds. The van der Waals surface area contributed by atoms with Crippen molar-refractivity contribution in [1.82, 2.24) is 4.57 Å². The molecule has 3 heterocycles. The van der Waals surface area contributed by atoms with Crippen LogP contribution in [-0.4, -0.2) is 31.9 Å². The van der Waals surface area contributed by atoms with Gasteiger partial charge >= 0.3 is 5.97 Å². The number of esters is 1. The van der Waals surface area contributed by atoms with Gasteiger partial charge in [-0.15, -0.1) is 0 Å². The quantitative estimate of drug-likeness (QED) is 0.249. The molecule has 0 fully saturated rings. The largest absolute Gasteiger partial charge is 0.497 e. The monoisotopic (exact) mass is 551 g/mol. The number of hydrogen-bond acceptors (Lipinski definition) is 7. The zero-order chi connectivity index (χ0) is 28.7. The summed E-state index contributed by atoms with van der Waals surface area (Å²) in [6.45, 7) is 0.581. The fourth-order valence-corrected chi connectivity index (χ4v) is 5.93. The molecule has 8 nitrogen and oxygen atoms in total. The normalized spacial score (nSPS) is 13.2. The molecule has 0 aliphatic carbocycles. The van der Waals surface area contributed by atoms with Gasteiger partial charge in [-0.2, -0.15) is 0 Å². The van der Waals surface area contributed by atoms with E-state index in [4.69, 9.17) is 18.6 Å². The predicted octanol–water partition coefficient (Wildman–Crippen LogP) is 5.43. The van der Waals surface area contributed by atoms with Crippen LogP contribution in [0.15, 0.2) is 80.9 Å². The van der Waals surface area contributed by atoms with Gasteiger partial charge in [0.05, 0.1) is 44.2 Å². The fraction of sp³-hybridized carbons (Fsp3) is 0.242. The average Bonchev–Trinajstić information content (AvgIpc) is 3.01. The maximum absolute atomic E-state index is 14.0. The highest BCUT2D eigenvalue weighted by Crippen LogP contribution is 2.40. The van der Waals surface area contributed by atoms with E-state index < -0.39 is 11.9 Å². The number of benzene rings is 3. The van der Waals surface area contributed by atoms with E-state index in [2.05, 4.69) is 0 Å². The Balaban J connectivity index is 1.61. The number of para-hydroxylation sites is 1. The molecule has 3 aromatic carbocycles. The second-order valence-electron chi connectivity index (χ2n) is 10.1. The molecule has 0 saturated carbocycles. The number of carbonyl (C=O) groups excluding carboxylic acids is 1. The maximum atomic E-state index is 14.0. The van der Waals surface area contributed by atoms with Crippen molar-refractivity contribution < 1.29 is 23.4 Å². The summed E-state index contributed by atoms with van der Waals surface area (Å²) in [5.41, 5.74) is 3.79. The molecule has 1 aliphatic heterocycles. The van der Waals surface area contributed by atoms with Crippen LogP contribution in [0.25, 0.3) is 33.0 Å². The van der Waals surface area contributed by atoms with E-state index in [0.29, 0.717) is 45.7 Å². The Kier molecular flexibility index (Phi) is 6.83. The molecule has 208 valence electrons. The molecule has 0 saturated heterocycles. The summed E-state index contributed by atoms with van der Waals surface area (Å²) in [7, 11) is 4.39. The van der Waals surface area contributed by atoms with Crippen LogP contribution in [0.1, 0.15) is 35.4 Å². The predicted molar refractivity (Wildman–Crippen MR) is 156 cm³/mol. The Bertz CT molecular complexity index is 1920. The second kappa shape index (κ2) is 10.6. The Hall–Kier alpha value is -4.85. The summed E-state index contributed by atoms with van der Waals surface area (Å²) in [6, 6.07) is 18.3. The minimum atomic E-state index is -0.790. The van der Waals surface area contributed by atoms with Gasteiger partial charge in [0.2, 0.25) is 5.43 Å². The highest BCUT2D eigenvalue weighted by atomic mass is 16.5. The van der Waals surface area contributed by atoms with Crippen molar-refractivity contribution in [3.63, 3.8) is 0 Å². The van der Waals surface area contributed by atoms with Crippen molar-refractivity contribution in [2.24, 2.45) is 0 Å². The van der Waals surface area contributed by atoms with Gasteiger partial charge in [0.1, 0.15) is 23.3 Å². The molecular formula is C33H29NO7. The van der Waals surface area contributed by atoms with E-state index in [9.17, 15) is 14.4 Å². The van der Waals surface area contributed by atoms with Crippen LogP contribution in [0.2, 0.25) is 0 Å². The van der Waals surface area contributed by atoms with Crippen molar-refractivity contribution in [1.29, 1.82) is 0 Å². The number of pyridine rings is 1. The van der Waals surface area contributed by atoms with Crippen LogP contribution >= 0.6 is 0 Å². The van der Waals surface area contributed by atoms with Gasteiger partial charge in [-0.05, 0) is 59.7 Å². The molecule has 8 heteroatoms. The SMILES string of the molecule is COC(=O)CC(c1cc2cccc3c2n(c1=O)CCC3)c1c(OC)ccc2c(=O)c(-c3ccc(OC)cc3)coc12. The fourth-order valence-electron chi connectivity index (χ4n) is 5.93. The lowest BCUT2D eigenvalue weighted by Crippen LogP contribution is -2.30. The van der Waals surface area contributed by atoms with E-state index in [-0.39, 0.29) is 23.0 Å². The highest BCUT2D eigenvalue weighted by molar-refractivity contribution is 5.89. The average molecular weight is 552 g/mol. The third-order valence-electron chi connectivity index (χ3n) is 7.93. The van der Waals surface area contributed by atoms with Gasteiger partial charge in [0.15, 0.2) is 0 Å². The Morgan fingerprint density at radius 2 is 1.80 bits per heavy atom. The van der Waals surface area contributed by atoms with Crippen LogP contribution < -0.4 is 20.5 Å². The third-order valence-corrected chi connectivity index (χ3v) is 7.93. The lowest BCUT2D eigenvalue weighted by atomic mass is 9.85. The van der Waals surface area contributed by atoms with Crippen molar-refractivity contribution in [2.75, 3.05) is 21.3 Å². The van der Waals surface area contributed by atoms with E-state index in [1.807, 2.05) is 24.3 Å². The topological polar surface area (TPSA) is 97.0 Å². The Labute approximate surface area is 235 Å². The molecule has 5 aromatic rings. The van der Waals surface area contributed by atoms with Crippen molar-refractivity contribution >= 4 is 27.8 Å². The third kappa shape index (κ3) is 4.45. The molecule has 1 atom stereocenters. The molecule has 0 bridgehead atoms. The molecule has 0 radical (unpaired) electrons. The second-order valence-corrected chi connectivity index (χ2v) is 10.1. The number of aryl methyl sites for hydroxylation is 2. The smallest absolute Gasteiger partial charge is 0.306 e. The number of rotatable bonds is 7. The van der Waals surface area contributed by atoms with E-state index in [0.717, 1.165) is 29.3 Å². The lowest BCUT2D eigenvalue weighted by Gasteiger charge is -2.24. The van der Waals surface area contributed by atoms with Gasteiger partial charge in [-0.3, -0.25) is 14.4 Å². The van der Waals surface area contributed by atoms with Crippen LogP contribution in [0.5, 0.6) is 11.5 Å². The Morgan fingerprint density at radius 3 is 2.54 bits per heavy atom. The van der Waals surface area contributed by atoms with E-state index in [1.165, 1.54) is 20.5 Å². The lowest BCUT2D eigenvalue weighted by molar-refractivity contribution is -0.140. The molecular weight excluding hydrogens is 522 g/mol. The van der Waals surface area contributed by atoms with Gasteiger partial charge in [0, 0.05) is 23.6 Å². The van der Waals surface area contributed by atoms with Gasteiger partial charge in [-0.1, -0.05) is 30.3 Å². The number of nitrogens with zero attached hydrogens (tertiary/aromatic N) is 1. The first-order valence-electron chi connectivity index (χ1n) is 13.4. The first-order valence-corrected chi connectivity index (χ1v) is 13.4. The van der Waals surface area contributed by atoms with Gasteiger partial charge in [-0.25, -0.2) is 0 Å². The summed E-state index contributed by atoms with van der Waals surface area (Å²) in [4.78, 5) is 40.6. The molecule has 1 aliphatic rings. The first-order chi connectivity index (χ1) is 19.9. The highest BCUT2D eigenvalue weighted by Gasteiger charge is 2.30. The number of carbonyl (C=O) groups is 1. The van der Waals surface area contributed by atoms with Gasteiger partial charge < -0.3 is 23.2 Å². The van der Waals surface area contributed by atoms with Crippen LogP contribution in [-0.2, 0) is 22.5 Å². The van der Waals surface area contributed by atoms with E-state index >= 15 is 0 Å². The van der Waals surface area contributed by atoms with Crippen molar-refractivity contribution in [2.45, 2.75) is 31.7 Å². The van der Waals surface area contributed by atoms with Crippen molar-refractivity contribution in [3.8, 4) is 22.6 Å². The molecule has 1 unspecified atom stereocenters. The molecule has 0 spiro atoms. The minimum absolute atomic E-state index is 0.143. The Morgan fingerprint density at radius 1 is 1.00 bits per heavy atom. The summed E-state index contributed by atoms with van der Waals surface area (Å²) in [5.74, 6) is -0.219. The zero-order valence-electron chi connectivity index (χ0n) is 23.1. The van der Waals surface area contributed by atoms with Crippen LogP contribution in [0.3, 0.4) is 0 Å². The maximum Gasteiger partial charge on any atom is 0.306 e. The summed E-state index contributed by atoms with van der Waals surface area (Å²) >= 11 is 0. The van der Waals surface area contributed by atoms with Gasteiger partial charge in [0.25, 0.3) is 5.56 Å². The van der Waals surface area contributed by atoms with Crippen LogP contribution in [0.4, 0.5) is 0 Å². The van der Waals surface area contributed by atoms with E-state index in [1.54, 1.807) is 48.1 Å². The molecule has 2 aromatic heterocycles. The number of methoxy groups -OCH3 is 3. The number of aromatic nitrogens is 1. The molecule has 41 heavy (non-hydrogen) atoms. The summed E-state index contributed by atoms with van der Waals surface area (Å²) in [6.07, 6.45) is 3.02. The summed E-state index contributed by atoms with van der Waals surface area (Å²) in [5, 5.41) is 1.22. The minimum Gasteiger partial charge on any atom is -0.497 e. The number of fused-ring (bicyclic) bond motifs is 1. The molecule has 6 rings (SSSR count). The summed E-state index contributed by atoms with van der Waals surface area (Å²) < 4.78 is 24.0. The van der Waals surface area contributed by atoms with Crippen LogP contribution in [0, 0.1) is 0 Å². The zero-order valence-corrected chi connectivity index (χ0v) is 23.1.